The number of hydrogen-bond donors (Lipinski definition) is 2. The number of carbonyl (C=O) groups excluding carboxylic acids is 3. The summed E-state index contributed by atoms with van der Waals surface area (Å²) in [6.45, 7) is 6.73. The Labute approximate surface area is 347 Å². The number of carbonyl (C=O) groups is 3. The number of furan rings is 1. The zero-order valence-corrected chi connectivity index (χ0v) is 33.6. The number of nitrogens with zero attached hydrogens (tertiary/aromatic N) is 6. The van der Waals surface area contributed by atoms with Gasteiger partial charge in [-0.25, -0.2) is 0 Å². The lowest BCUT2D eigenvalue weighted by molar-refractivity contribution is -0.134. The SMILES string of the molecule is N#Cc1ccc(O[C@H]2CC[C@H](NC(=O)c3ccc(N4CCC(CN5CCN(c6cccc7c6ccc6occ([C@H]8CCC(=O)NC8=O)c67)CC5)CC4)nn3)CC2)cc1Cl. The number of nitrogens with one attached hydrogen (secondary N) is 2. The van der Waals surface area contributed by atoms with Crippen molar-refractivity contribution in [3.8, 4) is 11.8 Å². The second kappa shape index (κ2) is 16.9. The molecule has 4 fully saturated rings. The van der Waals surface area contributed by atoms with Gasteiger partial charge in [0.15, 0.2) is 11.5 Å². The summed E-state index contributed by atoms with van der Waals surface area (Å²) in [5.41, 5.74) is 3.54. The lowest BCUT2D eigenvalue weighted by Gasteiger charge is -2.40. The second-order valence-corrected chi connectivity index (χ2v) is 16.7. The number of piperazine rings is 1. The average Bonchev–Trinajstić information content (AvgIpc) is 3.69. The molecule has 2 N–H and O–H groups in total. The van der Waals surface area contributed by atoms with Gasteiger partial charge in [-0.05, 0) is 98.7 Å². The van der Waals surface area contributed by atoms with Gasteiger partial charge in [-0.3, -0.25) is 24.6 Å². The summed E-state index contributed by atoms with van der Waals surface area (Å²) in [5, 5.41) is 27.0. The van der Waals surface area contributed by atoms with E-state index in [4.69, 9.17) is 26.0 Å². The Hall–Kier alpha value is -5.71. The number of halogens is 1. The molecule has 5 heterocycles. The van der Waals surface area contributed by atoms with Gasteiger partial charge in [0.05, 0.1) is 28.9 Å². The zero-order chi connectivity index (χ0) is 40.5. The van der Waals surface area contributed by atoms with Gasteiger partial charge >= 0.3 is 0 Å². The summed E-state index contributed by atoms with van der Waals surface area (Å²) in [6.07, 6.45) is 7.89. The number of anilines is 2. The van der Waals surface area contributed by atoms with Crippen LogP contribution in [0.15, 0.2) is 71.3 Å². The van der Waals surface area contributed by atoms with E-state index in [2.05, 4.69) is 65.9 Å². The molecule has 0 unspecified atom stereocenters. The van der Waals surface area contributed by atoms with Crippen LogP contribution in [0.25, 0.3) is 21.7 Å². The first-order chi connectivity index (χ1) is 28.8. The number of aromatic nitrogens is 2. The number of rotatable bonds is 9. The Morgan fingerprint density at radius 2 is 1.71 bits per heavy atom. The molecule has 0 spiro atoms. The standard InChI is InChI=1S/C45H47ClN8O5/c46-37-24-32(7-4-29(37)25-47)59-31-8-5-30(6-9-31)48-45(57)38-12-14-41(51-50-38)54-18-16-28(17-19-54)26-52-20-22-53(23-21-52)39-3-1-2-34-33(39)10-13-40-43(34)36(27-58-40)35-11-15-42(55)49-44(35)56/h1-4,7,10,12-14,24,27-28,30-31,35H,5-6,8-9,11,15-23,26H2,(H,48,57)(H,49,55,56)/t30-,31-,35-/m1/s1. The topological polar surface area (TPSA) is 157 Å². The predicted octanol–water partition coefficient (Wildman–Crippen LogP) is 6.58. The van der Waals surface area contributed by atoms with Gasteiger partial charge in [-0.1, -0.05) is 23.7 Å². The van der Waals surface area contributed by atoms with Gasteiger partial charge in [0.25, 0.3) is 5.91 Å². The van der Waals surface area contributed by atoms with Crippen molar-refractivity contribution < 1.29 is 23.5 Å². The Balaban J connectivity index is 0.729. The number of nitriles is 1. The molecule has 3 saturated heterocycles. The van der Waals surface area contributed by atoms with E-state index in [-0.39, 0.29) is 29.9 Å². The molecule has 3 aromatic carbocycles. The van der Waals surface area contributed by atoms with Crippen LogP contribution in [0, 0.1) is 17.2 Å². The summed E-state index contributed by atoms with van der Waals surface area (Å²) < 4.78 is 12.0. The zero-order valence-electron chi connectivity index (χ0n) is 32.9. The first-order valence-corrected chi connectivity index (χ1v) is 21.2. The lowest BCUT2D eigenvalue weighted by Crippen LogP contribution is -2.49. The van der Waals surface area contributed by atoms with Crippen molar-refractivity contribution in [3.63, 3.8) is 0 Å². The van der Waals surface area contributed by atoms with Gasteiger partial charge < -0.3 is 24.3 Å². The maximum absolute atomic E-state index is 13.1. The van der Waals surface area contributed by atoms with Crippen molar-refractivity contribution in [2.45, 2.75) is 69.4 Å². The predicted molar refractivity (Wildman–Crippen MR) is 225 cm³/mol. The molecule has 1 atom stereocenters. The van der Waals surface area contributed by atoms with Crippen LogP contribution < -0.4 is 25.2 Å². The van der Waals surface area contributed by atoms with E-state index in [0.717, 1.165) is 117 Å². The molecule has 3 aliphatic heterocycles. The molecule has 9 rings (SSSR count). The molecule has 0 radical (unpaired) electrons. The summed E-state index contributed by atoms with van der Waals surface area (Å²) in [4.78, 5) is 45.0. The van der Waals surface area contributed by atoms with Crippen molar-refractivity contribution in [2.75, 3.05) is 55.6 Å². The fourth-order valence-electron chi connectivity index (χ4n) is 9.36. The number of benzene rings is 3. The second-order valence-electron chi connectivity index (χ2n) is 16.3. The first kappa shape index (κ1) is 38.8. The Kier molecular flexibility index (Phi) is 11.1. The van der Waals surface area contributed by atoms with E-state index >= 15 is 0 Å². The molecule has 3 amide bonds. The highest BCUT2D eigenvalue weighted by Crippen LogP contribution is 2.40. The van der Waals surface area contributed by atoms with Crippen LogP contribution in [0.3, 0.4) is 0 Å². The fourth-order valence-corrected chi connectivity index (χ4v) is 9.57. The molecule has 1 saturated carbocycles. The summed E-state index contributed by atoms with van der Waals surface area (Å²) in [5.74, 6) is 0.980. The highest BCUT2D eigenvalue weighted by Gasteiger charge is 2.32. The summed E-state index contributed by atoms with van der Waals surface area (Å²) >= 11 is 6.16. The van der Waals surface area contributed by atoms with Crippen LogP contribution in [0.1, 0.15) is 78.9 Å². The molecule has 14 heteroatoms. The van der Waals surface area contributed by atoms with E-state index in [1.165, 1.54) is 5.69 Å². The first-order valence-electron chi connectivity index (χ1n) is 20.8. The van der Waals surface area contributed by atoms with Crippen molar-refractivity contribution in [2.24, 2.45) is 5.92 Å². The van der Waals surface area contributed by atoms with Crippen LogP contribution in [0.5, 0.6) is 5.75 Å². The number of hydrogen-bond acceptors (Lipinski definition) is 11. The minimum atomic E-state index is -0.403. The number of imide groups is 1. The van der Waals surface area contributed by atoms with Crippen molar-refractivity contribution >= 4 is 62.6 Å². The molecule has 4 aliphatic rings. The van der Waals surface area contributed by atoms with Crippen molar-refractivity contribution in [3.05, 3.63) is 88.8 Å². The molecular weight excluding hydrogens is 768 g/mol. The maximum Gasteiger partial charge on any atom is 0.272 e. The number of amides is 3. The lowest BCUT2D eigenvalue weighted by atomic mass is 9.88. The third-order valence-electron chi connectivity index (χ3n) is 12.6. The Bertz CT molecular complexity index is 2410. The molecule has 13 nitrogen and oxygen atoms in total. The van der Waals surface area contributed by atoms with Crippen molar-refractivity contribution in [1.82, 2.24) is 25.7 Å². The minimum absolute atomic E-state index is 0.0307. The van der Waals surface area contributed by atoms with Crippen LogP contribution in [0.2, 0.25) is 5.02 Å². The van der Waals surface area contributed by atoms with Crippen LogP contribution >= 0.6 is 11.6 Å². The van der Waals surface area contributed by atoms with Gasteiger partial charge in [0, 0.05) is 86.4 Å². The Morgan fingerprint density at radius 3 is 2.44 bits per heavy atom. The van der Waals surface area contributed by atoms with E-state index in [0.29, 0.717) is 40.8 Å². The monoisotopic (exact) mass is 814 g/mol. The normalized spacial score (nSPS) is 22.0. The molecule has 0 bridgehead atoms. The van der Waals surface area contributed by atoms with Crippen LogP contribution in [0.4, 0.5) is 11.5 Å². The molecular formula is C45H47ClN8O5. The van der Waals surface area contributed by atoms with Crippen molar-refractivity contribution in [1.29, 1.82) is 5.26 Å². The van der Waals surface area contributed by atoms with Gasteiger partial charge in [-0.2, -0.15) is 5.26 Å². The molecule has 304 valence electrons. The average molecular weight is 815 g/mol. The quantitative estimate of drug-likeness (QED) is 0.155. The van der Waals surface area contributed by atoms with Crippen LogP contribution in [-0.4, -0.2) is 90.8 Å². The third-order valence-corrected chi connectivity index (χ3v) is 13.0. The molecule has 2 aromatic heterocycles. The van der Waals surface area contributed by atoms with Crippen LogP contribution in [-0.2, 0) is 9.59 Å². The minimum Gasteiger partial charge on any atom is -0.490 e. The smallest absolute Gasteiger partial charge is 0.272 e. The van der Waals surface area contributed by atoms with Gasteiger partial charge in [0.1, 0.15) is 17.4 Å². The highest BCUT2D eigenvalue weighted by molar-refractivity contribution is 6.31. The number of fused-ring (bicyclic) bond motifs is 3. The number of piperidine rings is 2. The third kappa shape index (κ3) is 8.29. The highest BCUT2D eigenvalue weighted by atomic mass is 35.5. The molecule has 5 aromatic rings. The summed E-state index contributed by atoms with van der Waals surface area (Å²) in [7, 11) is 0. The molecule has 1 aliphatic carbocycles. The largest absolute Gasteiger partial charge is 0.490 e. The summed E-state index contributed by atoms with van der Waals surface area (Å²) in [6, 6.07) is 21.4. The fraction of sp³-hybridized carbons (Fsp3) is 0.422. The van der Waals surface area contributed by atoms with Gasteiger partial charge in [0.2, 0.25) is 11.8 Å². The number of ether oxygens (including phenoxy) is 1. The Morgan fingerprint density at radius 1 is 0.898 bits per heavy atom. The van der Waals surface area contributed by atoms with Gasteiger partial charge in [-0.15, -0.1) is 10.2 Å². The van der Waals surface area contributed by atoms with E-state index < -0.39 is 5.92 Å². The van der Waals surface area contributed by atoms with E-state index in [1.807, 2.05) is 12.1 Å². The maximum atomic E-state index is 13.1. The van der Waals surface area contributed by atoms with E-state index in [9.17, 15) is 14.4 Å². The van der Waals surface area contributed by atoms with E-state index in [1.54, 1.807) is 30.5 Å². The molecule has 59 heavy (non-hydrogen) atoms.